The maximum Gasteiger partial charge on any atom is 0.243 e. The molecule has 0 aromatic heterocycles. The monoisotopic (exact) mass is 257 g/mol. The van der Waals surface area contributed by atoms with Gasteiger partial charge in [0.25, 0.3) is 0 Å². The molecule has 0 spiro atoms. The van der Waals surface area contributed by atoms with Crippen LogP contribution in [-0.4, -0.2) is 11.4 Å². The Labute approximate surface area is 104 Å². The van der Waals surface area contributed by atoms with Gasteiger partial charge in [-0.3, -0.25) is 4.79 Å². The summed E-state index contributed by atoms with van der Waals surface area (Å²) in [6.07, 6.45) is 0. The van der Waals surface area contributed by atoms with Crippen LogP contribution < -0.4 is 16.8 Å². The molecule has 6 heteroatoms. The predicted molar refractivity (Wildman–Crippen MR) is 66.8 cm³/mol. The number of nitrogen functional groups attached to an aromatic ring is 1. The molecule has 0 radical (unpaired) electrons. The molecule has 1 aromatic rings. The van der Waals surface area contributed by atoms with Crippen molar-refractivity contribution < 1.29 is 13.6 Å². The van der Waals surface area contributed by atoms with E-state index >= 15 is 0 Å². The molecule has 100 valence electrons. The summed E-state index contributed by atoms with van der Waals surface area (Å²) in [5.74, 6) is -2.65. The quantitative estimate of drug-likeness (QED) is 0.720. The molecular weight excluding hydrogens is 240 g/mol. The van der Waals surface area contributed by atoms with Crippen molar-refractivity contribution in [2.75, 3.05) is 11.1 Å². The number of hydrogen-bond donors (Lipinski definition) is 3. The van der Waals surface area contributed by atoms with E-state index in [1.165, 1.54) is 6.92 Å². The van der Waals surface area contributed by atoms with E-state index in [9.17, 15) is 13.6 Å². The lowest BCUT2D eigenvalue weighted by Crippen LogP contribution is -2.52. The number of nitrogens with one attached hydrogen (secondary N) is 1. The Morgan fingerprint density at radius 3 is 2.11 bits per heavy atom. The summed E-state index contributed by atoms with van der Waals surface area (Å²) in [6, 6.07) is 1.96. The third-order valence-corrected chi connectivity index (χ3v) is 3.12. The summed E-state index contributed by atoms with van der Waals surface area (Å²) in [5, 5.41) is 2.54. The SMILES string of the molecule is CC(C)C(C)(Nc1c(F)cc(N)cc1F)C(N)=O. The first kappa shape index (κ1) is 14.2. The standard InChI is InChI=1S/C12H17F2N3O/c1-6(2)12(3,11(16)18)17-10-8(13)4-7(15)5-9(10)14/h4-6,17H,15H2,1-3H3,(H2,16,18). The van der Waals surface area contributed by atoms with Crippen LogP contribution in [0.2, 0.25) is 0 Å². The highest BCUT2D eigenvalue weighted by atomic mass is 19.1. The van der Waals surface area contributed by atoms with Crippen LogP contribution in [-0.2, 0) is 4.79 Å². The van der Waals surface area contributed by atoms with E-state index in [1.54, 1.807) is 13.8 Å². The largest absolute Gasteiger partial charge is 0.399 e. The summed E-state index contributed by atoms with van der Waals surface area (Å²) in [4.78, 5) is 11.4. The summed E-state index contributed by atoms with van der Waals surface area (Å²) in [7, 11) is 0. The number of halogens is 2. The van der Waals surface area contributed by atoms with Gasteiger partial charge in [0.1, 0.15) is 11.2 Å². The third kappa shape index (κ3) is 2.52. The maximum absolute atomic E-state index is 13.6. The normalized spacial score (nSPS) is 14.3. The van der Waals surface area contributed by atoms with E-state index < -0.39 is 28.8 Å². The molecule has 4 nitrogen and oxygen atoms in total. The van der Waals surface area contributed by atoms with E-state index in [2.05, 4.69) is 5.32 Å². The highest BCUT2D eigenvalue weighted by molar-refractivity contribution is 5.88. The molecule has 0 aliphatic rings. The molecule has 0 fully saturated rings. The van der Waals surface area contributed by atoms with Crippen LogP contribution in [0, 0.1) is 17.6 Å². The van der Waals surface area contributed by atoms with Gasteiger partial charge in [0.2, 0.25) is 5.91 Å². The lowest BCUT2D eigenvalue weighted by molar-refractivity contribution is -0.123. The van der Waals surface area contributed by atoms with E-state index in [-0.39, 0.29) is 11.6 Å². The van der Waals surface area contributed by atoms with Crippen molar-refractivity contribution in [3.8, 4) is 0 Å². The van der Waals surface area contributed by atoms with Gasteiger partial charge in [-0.05, 0) is 25.0 Å². The average Bonchev–Trinajstić information content (AvgIpc) is 2.22. The van der Waals surface area contributed by atoms with Crippen molar-refractivity contribution in [3.63, 3.8) is 0 Å². The maximum atomic E-state index is 13.6. The van der Waals surface area contributed by atoms with Gasteiger partial charge in [-0.2, -0.15) is 0 Å². The molecule has 5 N–H and O–H groups in total. The highest BCUT2D eigenvalue weighted by Crippen LogP contribution is 2.28. The molecular formula is C12H17F2N3O. The average molecular weight is 257 g/mol. The van der Waals surface area contributed by atoms with Gasteiger partial charge < -0.3 is 16.8 Å². The molecule has 1 amide bonds. The Hall–Kier alpha value is -1.85. The molecule has 1 atom stereocenters. The minimum absolute atomic E-state index is 0.0270. The van der Waals surface area contributed by atoms with Crippen LogP contribution in [0.15, 0.2) is 12.1 Å². The number of rotatable bonds is 4. The Balaban J connectivity index is 3.21. The van der Waals surface area contributed by atoms with Crippen LogP contribution in [0.5, 0.6) is 0 Å². The number of hydrogen-bond acceptors (Lipinski definition) is 3. The van der Waals surface area contributed by atoms with E-state index in [0.717, 1.165) is 12.1 Å². The first-order chi connectivity index (χ1) is 8.18. The lowest BCUT2D eigenvalue weighted by Gasteiger charge is -2.32. The van der Waals surface area contributed by atoms with Gasteiger partial charge in [-0.25, -0.2) is 8.78 Å². The molecule has 1 unspecified atom stereocenters. The summed E-state index contributed by atoms with van der Waals surface area (Å²) in [5.41, 5.74) is 8.91. The van der Waals surface area contributed by atoms with Crippen molar-refractivity contribution >= 4 is 17.3 Å². The Morgan fingerprint density at radius 2 is 1.78 bits per heavy atom. The van der Waals surface area contributed by atoms with Crippen molar-refractivity contribution in [1.29, 1.82) is 0 Å². The molecule has 0 saturated carbocycles. The number of nitrogens with two attached hydrogens (primary N) is 2. The van der Waals surface area contributed by atoms with Crippen LogP contribution in [0.25, 0.3) is 0 Å². The summed E-state index contributed by atoms with van der Waals surface area (Å²) >= 11 is 0. The lowest BCUT2D eigenvalue weighted by atomic mass is 9.87. The summed E-state index contributed by atoms with van der Waals surface area (Å²) < 4.78 is 27.3. The Kier molecular flexibility index (Phi) is 3.79. The molecule has 0 heterocycles. The molecule has 1 rings (SSSR count). The van der Waals surface area contributed by atoms with Crippen molar-refractivity contribution in [2.24, 2.45) is 11.7 Å². The molecule has 1 aromatic carbocycles. The molecule has 0 bridgehead atoms. The molecule has 0 aliphatic carbocycles. The number of anilines is 2. The first-order valence-corrected chi connectivity index (χ1v) is 5.51. The molecule has 18 heavy (non-hydrogen) atoms. The van der Waals surface area contributed by atoms with Gasteiger partial charge in [-0.15, -0.1) is 0 Å². The number of carbonyl (C=O) groups is 1. The summed E-state index contributed by atoms with van der Waals surface area (Å²) in [6.45, 7) is 4.95. The third-order valence-electron chi connectivity index (χ3n) is 3.12. The second kappa shape index (κ2) is 4.80. The number of amides is 1. The van der Waals surface area contributed by atoms with Gasteiger partial charge in [-0.1, -0.05) is 13.8 Å². The van der Waals surface area contributed by atoms with Gasteiger partial charge in [0, 0.05) is 5.69 Å². The van der Waals surface area contributed by atoms with Crippen LogP contribution in [0.4, 0.5) is 20.2 Å². The van der Waals surface area contributed by atoms with Crippen LogP contribution in [0.3, 0.4) is 0 Å². The fourth-order valence-electron chi connectivity index (χ4n) is 1.46. The Bertz CT molecular complexity index is 453. The van der Waals surface area contributed by atoms with Gasteiger partial charge in [0.05, 0.1) is 0 Å². The zero-order valence-electron chi connectivity index (χ0n) is 10.6. The number of carbonyl (C=O) groups excluding carboxylic acids is 1. The fraction of sp³-hybridized carbons (Fsp3) is 0.417. The Morgan fingerprint density at radius 1 is 1.33 bits per heavy atom. The van der Waals surface area contributed by atoms with E-state index in [1.807, 2.05) is 0 Å². The highest BCUT2D eigenvalue weighted by Gasteiger charge is 2.36. The van der Waals surface area contributed by atoms with Crippen molar-refractivity contribution in [3.05, 3.63) is 23.8 Å². The zero-order chi connectivity index (χ0) is 14.1. The minimum atomic E-state index is -1.25. The fourth-order valence-corrected chi connectivity index (χ4v) is 1.46. The number of benzene rings is 1. The molecule has 0 aliphatic heterocycles. The van der Waals surface area contributed by atoms with Gasteiger partial charge >= 0.3 is 0 Å². The zero-order valence-corrected chi connectivity index (χ0v) is 10.6. The topological polar surface area (TPSA) is 81.1 Å². The smallest absolute Gasteiger partial charge is 0.243 e. The second-order valence-electron chi connectivity index (χ2n) is 4.71. The first-order valence-electron chi connectivity index (χ1n) is 5.51. The minimum Gasteiger partial charge on any atom is -0.399 e. The predicted octanol–water partition coefficient (Wildman–Crippen LogP) is 1.86. The van der Waals surface area contributed by atoms with Crippen molar-refractivity contribution in [1.82, 2.24) is 0 Å². The molecule has 0 saturated heterocycles. The second-order valence-corrected chi connectivity index (χ2v) is 4.71. The van der Waals surface area contributed by atoms with Crippen LogP contribution in [0.1, 0.15) is 20.8 Å². The van der Waals surface area contributed by atoms with Gasteiger partial charge in [0.15, 0.2) is 11.6 Å². The van der Waals surface area contributed by atoms with Crippen molar-refractivity contribution in [2.45, 2.75) is 26.3 Å². The van der Waals surface area contributed by atoms with E-state index in [4.69, 9.17) is 11.5 Å². The van der Waals surface area contributed by atoms with Crippen LogP contribution >= 0.6 is 0 Å². The number of primary amides is 1. The van der Waals surface area contributed by atoms with E-state index in [0.29, 0.717) is 0 Å².